The largest absolute Gasteiger partial charge is 0.508 e. The highest BCUT2D eigenvalue weighted by molar-refractivity contribution is 7.07. The summed E-state index contributed by atoms with van der Waals surface area (Å²) in [5.74, 6) is 0.574. The number of carbonyl (C=O) groups excluding carboxylic acids is 1. The molecule has 0 fully saturated rings. The van der Waals surface area contributed by atoms with Crippen LogP contribution in [0.1, 0.15) is 37.9 Å². The molecule has 192 valence electrons. The summed E-state index contributed by atoms with van der Waals surface area (Å²) in [6.07, 6.45) is 3.33. The minimum absolute atomic E-state index is 0.0991. The van der Waals surface area contributed by atoms with Crippen molar-refractivity contribution in [3.8, 4) is 17.2 Å². The highest BCUT2D eigenvalue weighted by Crippen LogP contribution is 2.36. The number of phenolic OH excluding ortho intramolecular Hbond substituents is 1. The lowest BCUT2D eigenvalue weighted by Gasteiger charge is -2.25. The Labute approximate surface area is 218 Å². The summed E-state index contributed by atoms with van der Waals surface area (Å²) in [7, 11) is 0. The number of benzene rings is 2. The van der Waals surface area contributed by atoms with E-state index in [1.54, 1.807) is 68.5 Å². The lowest BCUT2D eigenvalue weighted by Crippen LogP contribution is -2.40. The second-order valence-corrected chi connectivity index (χ2v) is 9.15. The standard InChI is InChI=1S/C28H28N2O6S/c1-5-13-36-21-12-11-19(16-22(21)34-6-2)25-24(27(33)35-7-3)17(4)29-28-30(25)26(32)23(37-28)15-18-9-8-10-20(31)14-18/h5,8-12,14-16,25,31H,1,6-7,13H2,2-4H3/b23-15+/t25-/m1/s1. The third kappa shape index (κ3) is 5.36. The van der Waals surface area contributed by atoms with Crippen molar-refractivity contribution in [3.05, 3.63) is 97.2 Å². The van der Waals surface area contributed by atoms with Crippen molar-refractivity contribution in [2.75, 3.05) is 19.8 Å². The minimum atomic E-state index is -0.783. The Morgan fingerprint density at radius 1 is 1.16 bits per heavy atom. The van der Waals surface area contributed by atoms with Gasteiger partial charge >= 0.3 is 5.97 Å². The highest BCUT2D eigenvalue weighted by Gasteiger charge is 2.34. The van der Waals surface area contributed by atoms with E-state index in [0.29, 0.717) is 50.9 Å². The fourth-order valence-corrected chi connectivity index (χ4v) is 5.15. The number of hydrogen-bond donors (Lipinski definition) is 1. The quantitative estimate of drug-likeness (QED) is 0.343. The molecule has 2 aromatic carbocycles. The van der Waals surface area contributed by atoms with E-state index in [0.717, 1.165) is 0 Å². The van der Waals surface area contributed by atoms with Gasteiger partial charge in [-0.1, -0.05) is 42.2 Å². The monoisotopic (exact) mass is 520 g/mol. The number of hydrogen-bond acceptors (Lipinski definition) is 8. The van der Waals surface area contributed by atoms with E-state index in [1.807, 2.05) is 6.92 Å². The Kier molecular flexibility index (Phi) is 7.93. The van der Waals surface area contributed by atoms with Gasteiger partial charge in [0.25, 0.3) is 5.56 Å². The summed E-state index contributed by atoms with van der Waals surface area (Å²) in [4.78, 5) is 31.9. The number of ether oxygens (including phenoxy) is 3. The SMILES string of the molecule is C=CCOc1ccc([C@@H]2C(C(=O)OCC)=C(C)N=c3s/c(=C/c4cccc(O)c4)c(=O)n32)cc1OCC. The first kappa shape index (κ1) is 26.0. The first-order chi connectivity index (χ1) is 17.9. The molecule has 37 heavy (non-hydrogen) atoms. The van der Waals surface area contributed by atoms with Crippen LogP contribution in [-0.4, -0.2) is 35.5 Å². The maximum absolute atomic E-state index is 13.7. The van der Waals surface area contributed by atoms with Crippen molar-refractivity contribution < 1.29 is 24.1 Å². The molecule has 4 rings (SSSR count). The molecule has 1 aliphatic rings. The number of aromatic hydroxyl groups is 1. The molecule has 8 nitrogen and oxygen atoms in total. The van der Waals surface area contributed by atoms with Crippen LogP contribution in [0, 0.1) is 0 Å². The lowest BCUT2D eigenvalue weighted by atomic mass is 9.95. The molecule has 1 aliphatic heterocycles. The minimum Gasteiger partial charge on any atom is -0.508 e. The molecular weight excluding hydrogens is 492 g/mol. The Morgan fingerprint density at radius 3 is 2.68 bits per heavy atom. The zero-order chi connectivity index (χ0) is 26.5. The fourth-order valence-electron chi connectivity index (χ4n) is 4.10. The zero-order valence-corrected chi connectivity index (χ0v) is 21.7. The van der Waals surface area contributed by atoms with Gasteiger partial charge in [0, 0.05) is 0 Å². The summed E-state index contributed by atoms with van der Waals surface area (Å²) < 4.78 is 18.8. The van der Waals surface area contributed by atoms with Crippen LogP contribution in [0.4, 0.5) is 0 Å². The molecule has 0 saturated carbocycles. The summed E-state index contributed by atoms with van der Waals surface area (Å²) in [6, 6.07) is 11.2. The van der Waals surface area contributed by atoms with Crippen molar-refractivity contribution >= 4 is 23.4 Å². The first-order valence-corrected chi connectivity index (χ1v) is 12.7. The van der Waals surface area contributed by atoms with Crippen molar-refractivity contribution in [3.63, 3.8) is 0 Å². The molecule has 3 aromatic rings. The maximum atomic E-state index is 13.7. The third-order valence-electron chi connectivity index (χ3n) is 5.63. The van der Waals surface area contributed by atoms with E-state index in [4.69, 9.17) is 14.2 Å². The molecule has 1 N–H and O–H groups in total. The molecule has 1 atom stereocenters. The Bertz CT molecular complexity index is 1550. The van der Waals surface area contributed by atoms with Crippen molar-refractivity contribution in [2.24, 2.45) is 4.99 Å². The zero-order valence-electron chi connectivity index (χ0n) is 20.9. The van der Waals surface area contributed by atoms with Crippen LogP contribution < -0.4 is 24.4 Å². The van der Waals surface area contributed by atoms with Crippen molar-refractivity contribution in [2.45, 2.75) is 26.8 Å². The second kappa shape index (κ2) is 11.3. The van der Waals surface area contributed by atoms with Gasteiger partial charge in [0.1, 0.15) is 12.4 Å². The lowest BCUT2D eigenvalue weighted by molar-refractivity contribution is -0.139. The third-order valence-corrected chi connectivity index (χ3v) is 6.61. The van der Waals surface area contributed by atoms with Crippen LogP contribution >= 0.6 is 11.3 Å². The van der Waals surface area contributed by atoms with E-state index in [-0.39, 0.29) is 23.5 Å². The van der Waals surface area contributed by atoms with Crippen LogP contribution in [0.3, 0.4) is 0 Å². The van der Waals surface area contributed by atoms with Crippen LogP contribution in [0.5, 0.6) is 17.2 Å². The van der Waals surface area contributed by atoms with Gasteiger partial charge in [0.15, 0.2) is 16.3 Å². The summed E-state index contributed by atoms with van der Waals surface area (Å²) in [6.45, 7) is 9.90. The fraction of sp³-hybridized carbons (Fsp3) is 0.250. The van der Waals surface area contributed by atoms with E-state index in [2.05, 4.69) is 11.6 Å². The van der Waals surface area contributed by atoms with Crippen LogP contribution in [-0.2, 0) is 9.53 Å². The number of nitrogens with zero attached hydrogens (tertiary/aromatic N) is 2. The molecule has 9 heteroatoms. The van der Waals surface area contributed by atoms with E-state index >= 15 is 0 Å². The molecule has 0 unspecified atom stereocenters. The summed E-state index contributed by atoms with van der Waals surface area (Å²) in [5.41, 5.74) is 1.76. The topological polar surface area (TPSA) is 99.4 Å². The number of fused-ring (bicyclic) bond motifs is 1. The average Bonchev–Trinajstić information content (AvgIpc) is 3.17. The van der Waals surface area contributed by atoms with Crippen LogP contribution in [0.2, 0.25) is 0 Å². The Balaban J connectivity index is 1.94. The predicted molar refractivity (Wildman–Crippen MR) is 142 cm³/mol. The Hall–Kier alpha value is -4.11. The molecule has 0 radical (unpaired) electrons. The van der Waals surface area contributed by atoms with Crippen LogP contribution in [0.25, 0.3) is 6.08 Å². The van der Waals surface area contributed by atoms with E-state index in [1.165, 1.54) is 15.9 Å². The van der Waals surface area contributed by atoms with Crippen molar-refractivity contribution in [1.29, 1.82) is 0 Å². The van der Waals surface area contributed by atoms with Crippen LogP contribution in [0.15, 0.2) is 76.2 Å². The van der Waals surface area contributed by atoms with Gasteiger partial charge in [-0.05, 0) is 62.2 Å². The molecule has 1 aromatic heterocycles. The van der Waals surface area contributed by atoms with Gasteiger partial charge in [-0.25, -0.2) is 9.79 Å². The summed E-state index contributed by atoms with van der Waals surface area (Å²) in [5, 5.41) is 9.84. The molecule has 0 bridgehead atoms. The smallest absolute Gasteiger partial charge is 0.338 e. The number of allylic oxidation sites excluding steroid dienone is 1. The average molecular weight is 521 g/mol. The van der Waals surface area contributed by atoms with Gasteiger partial charge in [-0.15, -0.1) is 0 Å². The number of carbonyl (C=O) groups is 1. The van der Waals surface area contributed by atoms with Gasteiger partial charge in [0.05, 0.1) is 35.1 Å². The van der Waals surface area contributed by atoms with Gasteiger partial charge in [0.2, 0.25) is 0 Å². The molecule has 0 amide bonds. The normalized spacial score (nSPS) is 15.1. The van der Waals surface area contributed by atoms with Gasteiger partial charge < -0.3 is 19.3 Å². The highest BCUT2D eigenvalue weighted by atomic mass is 32.1. The number of aromatic nitrogens is 1. The molecular formula is C28H28N2O6S. The first-order valence-electron chi connectivity index (χ1n) is 11.9. The predicted octanol–water partition coefficient (Wildman–Crippen LogP) is 3.47. The van der Waals surface area contributed by atoms with Gasteiger partial charge in [-0.2, -0.15) is 0 Å². The number of thiazole rings is 1. The number of rotatable bonds is 9. The van der Waals surface area contributed by atoms with E-state index in [9.17, 15) is 14.7 Å². The van der Waals surface area contributed by atoms with Crippen molar-refractivity contribution in [1.82, 2.24) is 4.57 Å². The Morgan fingerprint density at radius 2 is 1.97 bits per heavy atom. The molecule has 0 saturated heterocycles. The van der Waals surface area contributed by atoms with Gasteiger partial charge in [-0.3, -0.25) is 9.36 Å². The number of esters is 1. The molecule has 0 aliphatic carbocycles. The second-order valence-electron chi connectivity index (χ2n) is 8.14. The molecule has 2 heterocycles. The number of phenols is 1. The maximum Gasteiger partial charge on any atom is 0.338 e. The van der Waals surface area contributed by atoms with E-state index < -0.39 is 12.0 Å². The summed E-state index contributed by atoms with van der Waals surface area (Å²) >= 11 is 1.21. The molecule has 0 spiro atoms.